The third-order valence-electron chi connectivity index (χ3n) is 3.10. The first kappa shape index (κ1) is 14.8. The molecule has 0 aromatic rings. The predicted molar refractivity (Wildman–Crippen MR) is 66.2 cm³/mol. The Morgan fingerprint density at radius 1 is 1.50 bits per heavy atom. The highest BCUT2D eigenvalue weighted by molar-refractivity contribution is 5.74. The van der Waals surface area contributed by atoms with E-state index in [1.807, 2.05) is 0 Å². The van der Waals surface area contributed by atoms with Crippen LogP contribution < -0.4 is 5.32 Å². The number of aliphatic carboxylic acids is 1. The number of nitrogens with zero attached hydrogens (tertiary/aromatic N) is 1. The van der Waals surface area contributed by atoms with Crippen molar-refractivity contribution in [2.75, 3.05) is 19.6 Å². The molecule has 0 aromatic carbocycles. The number of likely N-dealkylation sites (tertiary alicyclic amines) is 1. The maximum atomic E-state index is 11.8. The summed E-state index contributed by atoms with van der Waals surface area (Å²) in [5.41, 5.74) is -1.41. The van der Waals surface area contributed by atoms with Crippen LogP contribution in [0.25, 0.3) is 0 Å². The minimum atomic E-state index is -1.41. The number of rotatable bonds is 4. The highest BCUT2D eigenvalue weighted by Gasteiger charge is 2.27. The predicted octanol–water partition coefficient (Wildman–Crippen LogP) is 0.654. The van der Waals surface area contributed by atoms with Gasteiger partial charge in [-0.05, 0) is 25.7 Å². The maximum Gasteiger partial charge on any atom is 0.317 e. The summed E-state index contributed by atoms with van der Waals surface area (Å²) in [4.78, 5) is 24.1. The van der Waals surface area contributed by atoms with Gasteiger partial charge in [-0.1, -0.05) is 6.92 Å². The number of carbonyl (C=O) groups excluding carboxylic acids is 1. The molecule has 1 rings (SSSR count). The summed E-state index contributed by atoms with van der Waals surface area (Å²) in [7, 11) is 0. The molecule has 2 amide bonds. The standard InChI is InChI=1S/C12H22N2O4/c1-9-4-3-5-14(7-9)11(17)13-8-12(2,18)6-10(15)16/h9,18H,3-8H2,1-2H3,(H,13,17)(H,15,16). The second-order valence-corrected chi connectivity index (χ2v) is 5.42. The molecule has 0 saturated carbocycles. The van der Waals surface area contributed by atoms with Gasteiger partial charge < -0.3 is 20.4 Å². The fourth-order valence-corrected chi connectivity index (χ4v) is 2.14. The zero-order valence-electron chi connectivity index (χ0n) is 11.0. The third-order valence-corrected chi connectivity index (χ3v) is 3.10. The van der Waals surface area contributed by atoms with Gasteiger partial charge in [-0.3, -0.25) is 4.79 Å². The molecule has 3 N–H and O–H groups in total. The molecule has 1 aliphatic rings. The van der Waals surface area contributed by atoms with Crippen LogP contribution in [0.5, 0.6) is 0 Å². The largest absolute Gasteiger partial charge is 0.481 e. The molecular formula is C12H22N2O4. The van der Waals surface area contributed by atoms with Crippen molar-refractivity contribution < 1.29 is 19.8 Å². The first-order valence-corrected chi connectivity index (χ1v) is 6.27. The Morgan fingerprint density at radius 3 is 2.72 bits per heavy atom. The topological polar surface area (TPSA) is 89.9 Å². The van der Waals surface area contributed by atoms with Gasteiger partial charge in [0.1, 0.15) is 0 Å². The van der Waals surface area contributed by atoms with Crippen molar-refractivity contribution >= 4 is 12.0 Å². The van der Waals surface area contributed by atoms with E-state index in [-0.39, 0.29) is 19.0 Å². The first-order valence-electron chi connectivity index (χ1n) is 6.27. The quantitative estimate of drug-likeness (QED) is 0.690. The number of piperidine rings is 1. The molecule has 1 heterocycles. The van der Waals surface area contributed by atoms with Crippen molar-refractivity contribution in [2.24, 2.45) is 5.92 Å². The molecule has 1 fully saturated rings. The lowest BCUT2D eigenvalue weighted by molar-refractivity contribution is -0.141. The molecule has 1 aliphatic heterocycles. The molecule has 0 radical (unpaired) electrons. The van der Waals surface area contributed by atoms with Crippen LogP contribution in [0.4, 0.5) is 4.79 Å². The van der Waals surface area contributed by atoms with Crippen LogP contribution in [-0.4, -0.2) is 52.3 Å². The van der Waals surface area contributed by atoms with Crippen LogP contribution in [-0.2, 0) is 4.79 Å². The van der Waals surface area contributed by atoms with E-state index >= 15 is 0 Å². The molecule has 18 heavy (non-hydrogen) atoms. The lowest BCUT2D eigenvalue weighted by Gasteiger charge is -2.32. The Kier molecular flexibility index (Phi) is 4.95. The van der Waals surface area contributed by atoms with E-state index in [1.165, 1.54) is 6.92 Å². The molecule has 0 bridgehead atoms. The van der Waals surface area contributed by atoms with Gasteiger partial charge in [0.15, 0.2) is 0 Å². The first-order chi connectivity index (χ1) is 8.30. The summed E-state index contributed by atoms with van der Waals surface area (Å²) in [5.74, 6) is -0.593. The molecule has 2 atom stereocenters. The second-order valence-electron chi connectivity index (χ2n) is 5.42. The van der Waals surface area contributed by atoms with Gasteiger partial charge in [0, 0.05) is 19.6 Å². The van der Waals surface area contributed by atoms with E-state index in [0.717, 1.165) is 19.4 Å². The van der Waals surface area contributed by atoms with Gasteiger partial charge in [-0.2, -0.15) is 0 Å². The normalized spacial score (nSPS) is 23.3. The fraction of sp³-hybridized carbons (Fsp3) is 0.833. The van der Waals surface area contributed by atoms with Crippen molar-refractivity contribution in [2.45, 2.75) is 38.7 Å². The third kappa shape index (κ3) is 4.91. The Morgan fingerprint density at radius 2 is 2.17 bits per heavy atom. The van der Waals surface area contributed by atoms with Crippen LogP contribution in [0, 0.1) is 5.92 Å². The van der Waals surface area contributed by atoms with E-state index in [2.05, 4.69) is 12.2 Å². The number of hydrogen-bond donors (Lipinski definition) is 3. The van der Waals surface area contributed by atoms with Crippen LogP contribution in [0.2, 0.25) is 0 Å². The highest BCUT2D eigenvalue weighted by Crippen LogP contribution is 2.15. The number of amides is 2. The average Bonchev–Trinajstić information content (AvgIpc) is 2.24. The molecule has 0 aliphatic carbocycles. The van der Waals surface area contributed by atoms with Gasteiger partial charge in [0.25, 0.3) is 0 Å². The molecule has 0 spiro atoms. The molecule has 104 valence electrons. The van der Waals surface area contributed by atoms with Crippen molar-refractivity contribution in [1.82, 2.24) is 10.2 Å². The number of nitrogens with one attached hydrogen (secondary N) is 1. The Labute approximate surface area is 107 Å². The van der Waals surface area contributed by atoms with Crippen LogP contribution in [0.1, 0.15) is 33.1 Å². The van der Waals surface area contributed by atoms with Crippen molar-refractivity contribution in [3.63, 3.8) is 0 Å². The van der Waals surface area contributed by atoms with Gasteiger partial charge in [-0.25, -0.2) is 4.79 Å². The second kappa shape index (κ2) is 6.04. The number of hydrogen-bond acceptors (Lipinski definition) is 3. The van der Waals surface area contributed by atoms with Crippen molar-refractivity contribution in [1.29, 1.82) is 0 Å². The Balaban J connectivity index is 2.38. The number of carboxylic acid groups (broad SMARTS) is 1. The lowest BCUT2D eigenvalue weighted by atomic mass is 10.0. The van der Waals surface area contributed by atoms with Gasteiger partial charge in [-0.15, -0.1) is 0 Å². The minimum absolute atomic E-state index is 0.0526. The van der Waals surface area contributed by atoms with Crippen LogP contribution in [0.15, 0.2) is 0 Å². The summed E-state index contributed by atoms with van der Waals surface area (Å²) in [5, 5.41) is 21.0. The fourth-order valence-electron chi connectivity index (χ4n) is 2.14. The van der Waals surface area contributed by atoms with E-state index in [9.17, 15) is 14.7 Å². The number of carboxylic acids is 1. The van der Waals surface area contributed by atoms with E-state index in [0.29, 0.717) is 12.5 Å². The number of urea groups is 1. The molecule has 6 heteroatoms. The zero-order valence-corrected chi connectivity index (χ0v) is 11.0. The van der Waals surface area contributed by atoms with Crippen LogP contribution in [0.3, 0.4) is 0 Å². The summed E-state index contributed by atoms with van der Waals surface area (Å²) < 4.78 is 0. The highest BCUT2D eigenvalue weighted by atomic mass is 16.4. The van der Waals surface area contributed by atoms with Gasteiger partial charge in [0.2, 0.25) is 0 Å². The SMILES string of the molecule is CC1CCCN(C(=O)NCC(C)(O)CC(=O)O)C1. The van der Waals surface area contributed by atoms with E-state index in [1.54, 1.807) is 4.90 Å². The Hall–Kier alpha value is -1.30. The molecule has 2 unspecified atom stereocenters. The molecular weight excluding hydrogens is 236 g/mol. The summed E-state index contributed by atoms with van der Waals surface area (Å²) in [6, 6.07) is -0.229. The lowest BCUT2D eigenvalue weighted by Crippen LogP contribution is -2.49. The van der Waals surface area contributed by atoms with Gasteiger partial charge >= 0.3 is 12.0 Å². The van der Waals surface area contributed by atoms with Crippen molar-refractivity contribution in [3.05, 3.63) is 0 Å². The molecule has 6 nitrogen and oxygen atoms in total. The maximum absolute atomic E-state index is 11.8. The summed E-state index contributed by atoms with van der Waals surface area (Å²) in [6.07, 6.45) is 1.73. The number of carbonyl (C=O) groups is 2. The van der Waals surface area contributed by atoms with Gasteiger partial charge in [0.05, 0.1) is 12.0 Å². The molecule has 1 saturated heterocycles. The summed E-state index contributed by atoms with van der Waals surface area (Å²) in [6.45, 7) is 4.88. The Bertz CT molecular complexity index is 317. The van der Waals surface area contributed by atoms with Crippen molar-refractivity contribution in [3.8, 4) is 0 Å². The minimum Gasteiger partial charge on any atom is -0.481 e. The van der Waals surface area contributed by atoms with E-state index < -0.39 is 11.6 Å². The van der Waals surface area contributed by atoms with E-state index in [4.69, 9.17) is 5.11 Å². The number of aliphatic hydroxyl groups is 1. The zero-order chi connectivity index (χ0) is 13.8. The monoisotopic (exact) mass is 258 g/mol. The average molecular weight is 258 g/mol. The molecule has 0 aromatic heterocycles. The summed E-state index contributed by atoms with van der Waals surface area (Å²) >= 11 is 0. The smallest absolute Gasteiger partial charge is 0.317 e. The van der Waals surface area contributed by atoms with Crippen LogP contribution >= 0.6 is 0 Å².